The number of aliphatic hydroxyl groups is 3. The number of hydrogen-bond acceptors (Lipinski definition) is 8. The number of nitrogens with zero attached hydrogens (tertiary/aromatic N) is 2. The van der Waals surface area contributed by atoms with Crippen molar-refractivity contribution in [3.63, 3.8) is 0 Å². The Morgan fingerprint density at radius 2 is 1.88 bits per heavy atom. The highest BCUT2D eigenvalue weighted by Crippen LogP contribution is 2.08. The maximum atomic E-state index is 11.5. The van der Waals surface area contributed by atoms with Gasteiger partial charge in [-0.05, 0) is 10.3 Å². The van der Waals surface area contributed by atoms with Gasteiger partial charge in [0.25, 0.3) is 5.91 Å². The van der Waals surface area contributed by atoms with Gasteiger partial charge in [-0.1, -0.05) is 0 Å². The molecule has 9 nitrogen and oxygen atoms in total. The predicted molar refractivity (Wildman–Crippen MR) is 50.2 cm³/mol. The van der Waals surface area contributed by atoms with Crippen LogP contribution in [0.3, 0.4) is 0 Å². The van der Waals surface area contributed by atoms with Gasteiger partial charge in [0.05, 0.1) is 19.8 Å². The number of aromatic nitrogens is 2. The number of amides is 1. The van der Waals surface area contributed by atoms with Crippen LogP contribution in [0, 0.1) is 0 Å². The molecule has 1 rings (SSSR count). The molecule has 6 N–H and O–H groups in total. The van der Waals surface area contributed by atoms with E-state index in [9.17, 15) is 4.79 Å². The number of hydrogen-bond donors (Lipinski definition) is 5. The zero-order valence-corrected chi connectivity index (χ0v) is 8.25. The summed E-state index contributed by atoms with van der Waals surface area (Å²) in [6.07, 6.45) is 0. The summed E-state index contributed by atoms with van der Waals surface area (Å²) >= 11 is 0. The standard InChI is InChI=1S/C7H12N4O5/c8-5-4(10-16-11-5)6(15)9-7(1-12,2-13)3-14/h12-14H,1-3H2,(H2,8,11)(H,9,15). The Kier molecular flexibility index (Phi) is 3.77. The van der Waals surface area contributed by atoms with E-state index in [1.165, 1.54) is 0 Å². The van der Waals surface area contributed by atoms with Gasteiger partial charge in [0.15, 0.2) is 0 Å². The number of anilines is 1. The lowest BCUT2D eigenvalue weighted by atomic mass is 10.0. The van der Waals surface area contributed by atoms with Crippen LogP contribution in [-0.4, -0.2) is 56.9 Å². The van der Waals surface area contributed by atoms with Crippen molar-refractivity contribution in [3.8, 4) is 0 Å². The summed E-state index contributed by atoms with van der Waals surface area (Å²) in [4.78, 5) is 11.5. The van der Waals surface area contributed by atoms with Crippen molar-refractivity contribution in [2.45, 2.75) is 5.54 Å². The molecular weight excluding hydrogens is 220 g/mol. The number of rotatable bonds is 5. The molecule has 0 radical (unpaired) electrons. The highest BCUT2D eigenvalue weighted by atomic mass is 16.6. The fraction of sp³-hybridized carbons (Fsp3) is 0.571. The fourth-order valence-corrected chi connectivity index (χ4v) is 0.922. The third-order valence-electron chi connectivity index (χ3n) is 2.02. The lowest BCUT2D eigenvalue weighted by molar-refractivity contribution is 0.0371. The van der Waals surface area contributed by atoms with Gasteiger partial charge in [0.2, 0.25) is 11.5 Å². The predicted octanol–water partition coefficient (Wildman–Crippen LogP) is -2.90. The Bertz CT molecular complexity index is 353. The maximum Gasteiger partial charge on any atom is 0.278 e. The van der Waals surface area contributed by atoms with Gasteiger partial charge in [-0.2, -0.15) is 0 Å². The van der Waals surface area contributed by atoms with Crippen LogP contribution in [0.5, 0.6) is 0 Å². The minimum atomic E-state index is -1.54. The van der Waals surface area contributed by atoms with E-state index >= 15 is 0 Å². The van der Waals surface area contributed by atoms with Crippen molar-refractivity contribution in [3.05, 3.63) is 5.69 Å². The Hall–Kier alpha value is -1.71. The molecule has 9 heteroatoms. The second-order valence-corrected chi connectivity index (χ2v) is 3.21. The summed E-state index contributed by atoms with van der Waals surface area (Å²) in [7, 11) is 0. The quantitative estimate of drug-likeness (QED) is 0.362. The zero-order valence-electron chi connectivity index (χ0n) is 8.25. The Morgan fingerprint density at radius 3 is 2.25 bits per heavy atom. The lowest BCUT2D eigenvalue weighted by Crippen LogP contribution is -2.57. The van der Waals surface area contributed by atoms with E-state index < -0.39 is 31.3 Å². The third kappa shape index (κ3) is 2.27. The maximum absolute atomic E-state index is 11.5. The molecule has 0 bridgehead atoms. The molecule has 0 atom stereocenters. The molecule has 1 amide bonds. The van der Waals surface area contributed by atoms with Crippen LogP contribution < -0.4 is 11.1 Å². The highest BCUT2D eigenvalue weighted by Gasteiger charge is 2.32. The summed E-state index contributed by atoms with van der Waals surface area (Å²) < 4.78 is 4.21. The largest absolute Gasteiger partial charge is 0.394 e. The van der Waals surface area contributed by atoms with Crippen molar-refractivity contribution in [2.75, 3.05) is 25.6 Å². The van der Waals surface area contributed by atoms with Gasteiger partial charge < -0.3 is 26.4 Å². The first-order valence-electron chi connectivity index (χ1n) is 4.31. The van der Waals surface area contributed by atoms with Crippen molar-refractivity contribution in [1.82, 2.24) is 15.6 Å². The van der Waals surface area contributed by atoms with E-state index in [1.54, 1.807) is 0 Å². The molecule has 90 valence electrons. The van der Waals surface area contributed by atoms with Crippen molar-refractivity contribution >= 4 is 11.7 Å². The first-order chi connectivity index (χ1) is 7.58. The zero-order chi connectivity index (χ0) is 12.2. The lowest BCUT2D eigenvalue weighted by Gasteiger charge is -2.27. The molecule has 0 aliphatic rings. The van der Waals surface area contributed by atoms with Crippen LogP contribution in [0.25, 0.3) is 0 Å². The van der Waals surface area contributed by atoms with Crippen LogP contribution >= 0.6 is 0 Å². The Morgan fingerprint density at radius 1 is 1.31 bits per heavy atom. The first kappa shape index (κ1) is 12.4. The molecule has 0 aliphatic heterocycles. The van der Waals surface area contributed by atoms with Crippen molar-refractivity contribution in [2.24, 2.45) is 0 Å². The Balaban J connectivity index is 2.81. The number of nitrogens with two attached hydrogens (primary N) is 1. The third-order valence-corrected chi connectivity index (χ3v) is 2.02. The summed E-state index contributed by atoms with van der Waals surface area (Å²) in [6.45, 7) is -1.93. The molecule has 0 unspecified atom stereocenters. The molecule has 0 aromatic carbocycles. The van der Waals surface area contributed by atoms with Gasteiger partial charge in [0, 0.05) is 0 Å². The number of nitrogens with one attached hydrogen (secondary N) is 1. The van der Waals surface area contributed by atoms with E-state index in [1.807, 2.05) is 0 Å². The second-order valence-electron chi connectivity index (χ2n) is 3.21. The normalized spacial score (nSPS) is 11.4. The monoisotopic (exact) mass is 232 g/mol. The van der Waals surface area contributed by atoms with Gasteiger partial charge >= 0.3 is 0 Å². The number of aliphatic hydroxyl groups excluding tert-OH is 3. The summed E-state index contributed by atoms with van der Waals surface area (Å²) in [5.41, 5.74) is 3.45. The smallest absolute Gasteiger partial charge is 0.278 e. The van der Waals surface area contributed by atoms with Crippen LogP contribution in [0.2, 0.25) is 0 Å². The fourth-order valence-electron chi connectivity index (χ4n) is 0.922. The molecule has 0 spiro atoms. The number of nitrogen functional groups attached to an aromatic ring is 1. The molecule has 1 aromatic heterocycles. The molecule has 0 fully saturated rings. The van der Waals surface area contributed by atoms with E-state index in [0.717, 1.165) is 0 Å². The summed E-state index contributed by atoms with van der Waals surface area (Å²) in [5.74, 6) is -1.03. The average Bonchev–Trinajstić information content (AvgIpc) is 2.72. The molecule has 16 heavy (non-hydrogen) atoms. The molecule has 0 saturated carbocycles. The van der Waals surface area contributed by atoms with E-state index in [4.69, 9.17) is 21.1 Å². The van der Waals surface area contributed by atoms with E-state index in [0.29, 0.717) is 0 Å². The van der Waals surface area contributed by atoms with Crippen LogP contribution in [0.4, 0.5) is 5.82 Å². The number of carbonyl (C=O) groups excluding carboxylic acids is 1. The molecule has 1 aromatic rings. The topological polar surface area (TPSA) is 155 Å². The van der Waals surface area contributed by atoms with Crippen LogP contribution in [-0.2, 0) is 0 Å². The molecule has 0 saturated heterocycles. The first-order valence-corrected chi connectivity index (χ1v) is 4.31. The van der Waals surface area contributed by atoms with Crippen LogP contribution in [0.15, 0.2) is 4.63 Å². The number of carbonyl (C=O) groups is 1. The molecule has 0 aliphatic carbocycles. The molecule has 1 heterocycles. The van der Waals surface area contributed by atoms with Crippen LogP contribution in [0.1, 0.15) is 10.5 Å². The second kappa shape index (κ2) is 4.88. The van der Waals surface area contributed by atoms with Gasteiger partial charge in [-0.15, -0.1) is 0 Å². The minimum Gasteiger partial charge on any atom is -0.394 e. The average molecular weight is 232 g/mol. The van der Waals surface area contributed by atoms with Crippen molar-refractivity contribution < 1.29 is 24.7 Å². The SMILES string of the molecule is Nc1nonc1C(=O)NC(CO)(CO)CO. The summed E-state index contributed by atoms with van der Waals surface area (Å²) in [5, 5.41) is 35.5. The van der Waals surface area contributed by atoms with E-state index in [2.05, 4.69) is 20.3 Å². The minimum absolute atomic E-state index is 0.222. The summed E-state index contributed by atoms with van der Waals surface area (Å²) in [6, 6.07) is 0. The van der Waals surface area contributed by atoms with E-state index in [-0.39, 0.29) is 11.5 Å². The van der Waals surface area contributed by atoms with Gasteiger partial charge in [0.1, 0.15) is 5.54 Å². The highest BCUT2D eigenvalue weighted by molar-refractivity contribution is 5.96. The molecular formula is C7H12N4O5. The van der Waals surface area contributed by atoms with Crippen molar-refractivity contribution in [1.29, 1.82) is 0 Å². The van der Waals surface area contributed by atoms with Gasteiger partial charge in [-0.3, -0.25) is 4.79 Å². The Labute approximate surface area is 89.8 Å². The van der Waals surface area contributed by atoms with Gasteiger partial charge in [-0.25, -0.2) is 4.63 Å².